The van der Waals surface area contributed by atoms with Crippen molar-refractivity contribution < 1.29 is 5.11 Å². The first kappa shape index (κ1) is 13.6. The predicted octanol–water partition coefficient (Wildman–Crippen LogP) is 2.43. The largest absolute Gasteiger partial charge is 0.392 e. The van der Waals surface area contributed by atoms with E-state index in [1.807, 2.05) is 0 Å². The Morgan fingerprint density at radius 2 is 1.89 bits per heavy atom. The highest BCUT2D eigenvalue weighted by Gasteiger charge is 2.23. The molecule has 2 nitrogen and oxygen atoms in total. The lowest BCUT2D eigenvalue weighted by Crippen LogP contribution is -2.41. The van der Waals surface area contributed by atoms with Gasteiger partial charge < -0.3 is 10.4 Å². The smallest absolute Gasteiger partial charge is 0.0696 e. The van der Waals surface area contributed by atoms with Gasteiger partial charge in [-0.25, -0.2) is 0 Å². The van der Waals surface area contributed by atoms with Crippen LogP contribution in [0.3, 0.4) is 0 Å². The Morgan fingerprint density at radius 3 is 2.56 bits per heavy atom. The van der Waals surface area contributed by atoms with Gasteiger partial charge in [-0.3, -0.25) is 0 Å². The van der Waals surface area contributed by atoms with Gasteiger partial charge in [0.25, 0.3) is 0 Å². The van der Waals surface area contributed by atoms with E-state index < -0.39 is 0 Å². The van der Waals surface area contributed by atoms with E-state index in [-0.39, 0.29) is 6.10 Å². The number of hydrogen-bond acceptors (Lipinski definition) is 2. The van der Waals surface area contributed by atoms with Crippen LogP contribution in [0.2, 0.25) is 0 Å². The molecule has 0 aromatic heterocycles. The average molecular weight is 247 g/mol. The summed E-state index contributed by atoms with van der Waals surface area (Å²) < 4.78 is 0. The number of β-amino-alcohol motifs (C(OH)–C–C–N with tert-alkyl or cyclic N) is 1. The Morgan fingerprint density at radius 1 is 1.17 bits per heavy atom. The van der Waals surface area contributed by atoms with Crippen LogP contribution < -0.4 is 5.32 Å². The van der Waals surface area contributed by atoms with Crippen LogP contribution in [0.15, 0.2) is 6.07 Å². The summed E-state index contributed by atoms with van der Waals surface area (Å²) in [6.45, 7) is 10.6. The molecule has 1 fully saturated rings. The Hall–Kier alpha value is -0.860. The van der Waals surface area contributed by atoms with Crippen LogP contribution in [0.5, 0.6) is 0 Å². The maximum Gasteiger partial charge on any atom is 0.0696 e. The van der Waals surface area contributed by atoms with Crippen LogP contribution in [-0.2, 0) is 6.42 Å². The van der Waals surface area contributed by atoms with Gasteiger partial charge in [0.2, 0.25) is 0 Å². The number of piperidine rings is 1. The predicted molar refractivity (Wildman–Crippen MR) is 76.1 cm³/mol. The molecule has 18 heavy (non-hydrogen) atoms. The summed E-state index contributed by atoms with van der Waals surface area (Å²) in [6, 6.07) is 2.31. The van der Waals surface area contributed by atoms with Gasteiger partial charge in [-0.1, -0.05) is 6.07 Å². The summed E-state index contributed by atoms with van der Waals surface area (Å²) in [5, 5.41) is 13.3. The van der Waals surface area contributed by atoms with E-state index in [1.54, 1.807) is 0 Å². The number of aliphatic hydroxyl groups excluding tert-OH is 1. The molecule has 2 rings (SSSR count). The van der Waals surface area contributed by atoms with Gasteiger partial charge in [0.05, 0.1) is 6.10 Å². The average Bonchev–Trinajstić information content (AvgIpc) is 2.36. The van der Waals surface area contributed by atoms with Crippen molar-refractivity contribution in [2.24, 2.45) is 5.92 Å². The number of nitrogens with one attached hydrogen (secondary N) is 1. The molecule has 2 unspecified atom stereocenters. The molecule has 0 amide bonds. The highest BCUT2D eigenvalue weighted by atomic mass is 16.3. The molecule has 2 N–H and O–H groups in total. The van der Waals surface area contributed by atoms with Crippen molar-refractivity contribution in [3.63, 3.8) is 0 Å². The molecular weight excluding hydrogens is 222 g/mol. The first-order valence-electron chi connectivity index (χ1n) is 6.95. The van der Waals surface area contributed by atoms with E-state index in [9.17, 15) is 5.11 Å². The van der Waals surface area contributed by atoms with E-state index in [1.165, 1.54) is 27.8 Å². The molecule has 1 aromatic carbocycles. The van der Waals surface area contributed by atoms with E-state index in [4.69, 9.17) is 0 Å². The van der Waals surface area contributed by atoms with Crippen LogP contribution in [0, 0.1) is 33.6 Å². The van der Waals surface area contributed by atoms with Crippen LogP contribution in [0.4, 0.5) is 0 Å². The lowest BCUT2D eigenvalue weighted by atomic mass is 9.84. The Balaban J connectivity index is 2.23. The molecule has 0 bridgehead atoms. The van der Waals surface area contributed by atoms with Crippen molar-refractivity contribution in [2.75, 3.05) is 13.1 Å². The monoisotopic (exact) mass is 247 g/mol. The number of aliphatic hydroxyl groups is 1. The van der Waals surface area contributed by atoms with Gasteiger partial charge in [-0.2, -0.15) is 0 Å². The molecule has 2 atom stereocenters. The minimum absolute atomic E-state index is 0.194. The van der Waals surface area contributed by atoms with Gasteiger partial charge in [0, 0.05) is 6.54 Å². The summed E-state index contributed by atoms with van der Waals surface area (Å²) in [5.74, 6) is 0.409. The molecule has 1 aliphatic rings. The molecule has 2 heteroatoms. The maximum atomic E-state index is 10.1. The molecule has 1 heterocycles. The molecule has 1 saturated heterocycles. The quantitative estimate of drug-likeness (QED) is 0.841. The molecule has 100 valence electrons. The van der Waals surface area contributed by atoms with Crippen molar-refractivity contribution in [3.05, 3.63) is 33.9 Å². The van der Waals surface area contributed by atoms with Gasteiger partial charge in [-0.15, -0.1) is 0 Å². The second-order valence-corrected chi connectivity index (χ2v) is 5.75. The SMILES string of the molecule is Cc1cc(CC2CCNCC2O)c(C)c(C)c1C. The van der Waals surface area contributed by atoms with Crippen LogP contribution in [0.25, 0.3) is 0 Å². The number of benzene rings is 1. The van der Waals surface area contributed by atoms with Gasteiger partial charge in [0.1, 0.15) is 0 Å². The molecule has 0 aliphatic carbocycles. The molecule has 0 radical (unpaired) electrons. The van der Waals surface area contributed by atoms with Gasteiger partial charge in [0.15, 0.2) is 0 Å². The summed E-state index contributed by atoms with van der Waals surface area (Å²) in [5.41, 5.74) is 7.01. The zero-order chi connectivity index (χ0) is 13.3. The number of aryl methyl sites for hydroxylation is 1. The lowest BCUT2D eigenvalue weighted by molar-refractivity contribution is 0.0819. The summed E-state index contributed by atoms with van der Waals surface area (Å²) in [7, 11) is 0. The molecule has 0 saturated carbocycles. The molecule has 1 aliphatic heterocycles. The second kappa shape index (κ2) is 5.41. The van der Waals surface area contributed by atoms with E-state index in [2.05, 4.69) is 39.1 Å². The van der Waals surface area contributed by atoms with Crippen molar-refractivity contribution in [2.45, 2.75) is 46.6 Å². The van der Waals surface area contributed by atoms with Gasteiger partial charge >= 0.3 is 0 Å². The Labute approximate surface area is 110 Å². The van der Waals surface area contributed by atoms with Gasteiger partial charge in [-0.05, 0) is 80.8 Å². The minimum atomic E-state index is -0.194. The fraction of sp³-hybridized carbons (Fsp3) is 0.625. The third-order valence-electron chi connectivity index (χ3n) is 4.66. The summed E-state index contributed by atoms with van der Waals surface area (Å²) in [4.78, 5) is 0. The summed E-state index contributed by atoms with van der Waals surface area (Å²) >= 11 is 0. The third kappa shape index (κ3) is 2.60. The minimum Gasteiger partial charge on any atom is -0.392 e. The first-order chi connectivity index (χ1) is 8.50. The lowest BCUT2D eigenvalue weighted by Gasteiger charge is -2.29. The molecular formula is C16H25NO. The zero-order valence-corrected chi connectivity index (χ0v) is 12.0. The number of rotatable bonds is 2. The van der Waals surface area contributed by atoms with Crippen molar-refractivity contribution in [3.8, 4) is 0 Å². The second-order valence-electron chi connectivity index (χ2n) is 5.75. The number of hydrogen-bond donors (Lipinski definition) is 2. The van der Waals surface area contributed by atoms with Crippen molar-refractivity contribution in [1.29, 1.82) is 0 Å². The first-order valence-corrected chi connectivity index (χ1v) is 6.95. The fourth-order valence-electron chi connectivity index (χ4n) is 2.92. The standard InChI is InChI=1S/C16H25NO/c1-10-7-15(13(4)12(3)11(10)2)8-14-5-6-17-9-16(14)18/h7,14,16-18H,5-6,8-9H2,1-4H3. The summed E-state index contributed by atoms with van der Waals surface area (Å²) in [6.07, 6.45) is 1.89. The van der Waals surface area contributed by atoms with E-state index >= 15 is 0 Å². The zero-order valence-electron chi connectivity index (χ0n) is 12.0. The van der Waals surface area contributed by atoms with E-state index in [0.29, 0.717) is 5.92 Å². The third-order valence-corrected chi connectivity index (χ3v) is 4.66. The van der Waals surface area contributed by atoms with Crippen LogP contribution in [-0.4, -0.2) is 24.3 Å². The normalized spacial score (nSPS) is 24.3. The van der Waals surface area contributed by atoms with Crippen LogP contribution in [0.1, 0.15) is 34.2 Å². The highest BCUT2D eigenvalue weighted by molar-refractivity contribution is 5.43. The maximum absolute atomic E-state index is 10.1. The van der Waals surface area contributed by atoms with Crippen molar-refractivity contribution in [1.82, 2.24) is 5.32 Å². The van der Waals surface area contributed by atoms with Crippen molar-refractivity contribution >= 4 is 0 Å². The Kier molecular flexibility index (Phi) is 4.08. The fourth-order valence-corrected chi connectivity index (χ4v) is 2.92. The molecule has 1 aromatic rings. The van der Waals surface area contributed by atoms with Crippen LogP contribution >= 0.6 is 0 Å². The van der Waals surface area contributed by atoms with E-state index in [0.717, 1.165) is 25.9 Å². The molecule has 0 spiro atoms. The highest BCUT2D eigenvalue weighted by Crippen LogP contribution is 2.26. The Bertz CT molecular complexity index is 439. The topological polar surface area (TPSA) is 32.3 Å².